The second-order valence-electron chi connectivity index (χ2n) is 2.80. The highest BCUT2D eigenvalue weighted by molar-refractivity contribution is 7.46. The van der Waals surface area contributed by atoms with Gasteiger partial charge in [-0.2, -0.15) is 0 Å². The molecule has 0 saturated carbocycles. The maximum absolute atomic E-state index is 10.7. The fourth-order valence-electron chi connectivity index (χ4n) is 0.967. The van der Waals surface area contributed by atoms with Gasteiger partial charge in [-0.15, -0.1) is 0 Å². The zero-order chi connectivity index (χ0) is 13.2. The van der Waals surface area contributed by atoms with Crippen LogP contribution in [0.15, 0.2) is 17.7 Å². The summed E-state index contributed by atoms with van der Waals surface area (Å²) in [5, 5.41) is 0.446. The number of benzene rings is 1. The molecule has 1 aromatic rings. The Hall–Kier alpha value is 0.0700. The highest BCUT2D eigenvalue weighted by Crippen LogP contribution is 2.44. The second kappa shape index (κ2) is 5.81. The first kappa shape index (κ1) is 15.1. The van der Waals surface area contributed by atoms with Gasteiger partial charge < -0.3 is 4.52 Å². The van der Waals surface area contributed by atoms with Crippen LogP contribution in [0.4, 0.5) is 0 Å². The van der Waals surface area contributed by atoms with Crippen molar-refractivity contribution in [1.29, 1.82) is 0 Å². The molecule has 17 heavy (non-hydrogen) atoms. The summed E-state index contributed by atoms with van der Waals surface area (Å²) in [5.41, 5.74) is 0.962. The third-order valence-electron chi connectivity index (χ3n) is 1.59. The van der Waals surface area contributed by atoms with Crippen LogP contribution < -0.4 is 0 Å². The number of rotatable bonds is 3. The lowest BCUT2D eigenvalue weighted by Gasteiger charge is -2.12. The molecule has 0 aliphatic rings. The number of hydrogen-bond acceptors (Lipinski definition) is 2. The van der Waals surface area contributed by atoms with Gasteiger partial charge in [0.25, 0.3) is 0 Å². The molecular weight excluding hydrogens is 333 g/mol. The Kier molecular flexibility index (Phi) is 5.17. The van der Waals surface area contributed by atoms with Crippen molar-refractivity contribution in [3.05, 3.63) is 38.3 Å². The van der Waals surface area contributed by atoms with Crippen molar-refractivity contribution in [2.24, 2.45) is 0 Å². The van der Waals surface area contributed by atoms with Crippen LogP contribution in [0.25, 0.3) is 5.76 Å². The average molecular weight is 338 g/mol. The van der Waals surface area contributed by atoms with Gasteiger partial charge in [0.2, 0.25) is 0 Å². The maximum Gasteiger partial charge on any atom is 0.524 e. The van der Waals surface area contributed by atoms with E-state index in [1.807, 2.05) is 0 Å². The Morgan fingerprint density at radius 1 is 1.18 bits per heavy atom. The molecule has 4 nitrogen and oxygen atoms in total. The second-order valence-corrected chi connectivity index (χ2v) is 5.40. The van der Waals surface area contributed by atoms with Gasteiger partial charge in [-0.25, -0.2) is 4.57 Å². The van der Waals surface area contributed by atoms with E-state index in [2.05, 4.69) is 4.52 Å². The van der Waals surface area contributed by atoms with E-state index >= 15 is 0 Å². The van der Waals surface area contributed by atoms with E-state index in [4.69, 9.17) is 56.2 Å². The summed E-state index contributed by atoms with van der Waals surface area (Å²) in [5.74, 6) is -0.302. The van der Waals surface area contributed by atoms with Crippen LogP contribution in [-0.2, 0) is 9.09 Å². The molecule has 0 aromatic heterocycles. The smallest absolute Gasteiger partial charge is 0.403 e. The van der Waals surface area contributed by atoms with Crippen LogP contribution in [0.1, 0.15) is 5.56 Å². The molecule has 0 saturated heterocycles. The van der Waals surface area contributed by atoms with E-state index in [1.54, 1.807) is 0 Å². The SMILES string of the molecule is O=P(O)(O)OC(=CCl)c1cc(Cl)c(Cl)cc1Cl. The van der Waals surface area contributed by atoms with Gasteiger partial charge in [0.1, 0.15) is 0 Å². The van der Waals surface area contributed by atoms with Gasteiger partial charge in [-0.3, -0.25) is 9.79 Å². The topological polar surface area (TPSA) is 66.8 Å². The van der Waals surface area contributed by atoms with Crippen molar-refractivity contribution in [2.75, 3.05) is 0 Å². The van der Waals surface area contributed by atoms with E-state index in [1.165, 1.54) is 12.1 Å². The van der Waals surface area contributed by atoms with Crippen molar-refractivity contribution in [3.63, 3.8) is 0 Å². The highest BCUT2D eigenvalue weighted by Gasteiger charge is 2.21. The summed E-state index contributed by atoms with van der Waals surface area (Å²) in [6.45, 7) is 0. The summed E-state index contributed by atoms with van der Waals surface area (Å²) in [6.07, 6.45) is 0. The van der Waals surface area contributed by atoms with Crippen molar-refractivity contribution < 1.29 is 18.9 Å². The predicted molar refractivity (Wildman–Crippen MR) is 68.4 cm³/mol. The summed E-state index contributed by atoms with van der Waals surface area (Å²) in [7, 11) is -4.74. The van der Waals surface area contributed by atoms with Gasteiger partial charge in [0, 0.05) is 11.1 Å². The van der Waals surface area contributed by atoms with Gasteiger partial charge in [-0.05, 0) is 12.1 Å². The molecule has 1 rings (SSSR count). The molecule has 0 heterocycles. The van der Waals surface area contributed by atoms with Crippen LogP contribution in [0.5, 0.6) is 0 Å². The molecule has 0 radical (unpaired) electrons. The van der Waals surface area contributed by atoms with Crippen LogP contribution in [-0.4, -0.2) is 9.79 Å². The van der Waals surface area contributed by atoms with Crippen molar-refractivity contribution in [3.8, 4) is 0 Å². The number of phosphoric acid groups is 1. The first-order valence-corrected chi connectivity index (χ1v) is 7.05. The lowest BCUT2D eigenvalue weighted by molar-refractivity contribution is 0.269. The standard InChI is InChI=1S/C8H5Cl4O4P/c9-3-8(16-17(13,14)15)4-1-6(11)7(12)2-5(4)10/h1-3H,(H2,13,14,15). The Morgan fingerprint density at radius 2 is 1.71 bits per heavy atom. The average Bonchev–Trinajstić information content (AvgIpc) is 2.19. The fraction of sp³-hybridized carbons (Fsp3) is 0. The van der Waals surface area contributed by atoms with E-state index < -0.39 is 7.82 Å². The van der Waals surface area contributed by atoms with Crippen molar-refractivity contribution in [1.82, 2.24) is 0 Å². The van der Waals surface area contributed by atoms with Gasteiger partial charge in [0.05, 0.1) is 15.1 Å². The molecule has 0 amide bonds. The molecule has 0 aliphatic carbocycles. The largest absolute Gasteiger partial charge is 0.524 e. The van der Waals surface area contributed by atoms with E-state index in [0.29, 0.717) is 0 Å². The molecule has 2 N–H and O–H groups in total. The van der Waals surface area contributed by atoms with E-state index in [9.17, 15) is 4.57 Å². The van der Waals surface area contributed by atoms with Crippen molar-refractivity contribution >= 4 is 60.0 Å². The monoisotopic (exact) mass is 336 g/mol. The van der Waals surface area contributed by atoms with Crippen LogP contribution in [0.3, 0.4) is 0 Å². The Bertz CT molecular complexity index is 510. The van der Waals surface area contributed by atoms with Crippen LogP contribution >= 0.6 is 54.2 Å². The van der Waals surface area contributed by atoms with Gasteiger partial charge >= 0.3 is 7.82 Å². The molecule has 0 unspecified atom stereocenters. The summed E-state index contributed by atoms with van der Waals surface area (Å²) < 4.78 is 15.1. The predicted octanol–water partition coefficient (Wildman–Crippen LogP) is 4.29. The molecule has 0 bridgehead atoms. The molecule has 0 atom stereocenters. The minimum absolute atomic E-state index is 0.0970. The molecule has 0 fully saturated rings. The van der Waals surface area contributed by atoms with Crippen LogP contribution in [0, 0.1) is 0 Å². The number of hydrogen-bond donors (Lipinski definition) is 2. The summed E-state index contributed by atoms with van der Waals surface area (Å²) in [4.78, 5) is 17.4. The number of halogens is 4. The molecule has 0 aliphatic heterocycles. The molecular formula is C8H5Cl4O4P. The Balaban J connectivity index is 3.23. The lowest BCUT2D eigenvalue weighted by atomic mass is 10.2. The summed E-state index contributed by atoms with van der Waals surface area (Å²) in [6, 6.07) is 2.60. The molecule has 94 valence electrons. The minimum atomic E-state index is -4.74. The van der Waals surface area contributed by atoms with Crippen molar-refractivity contribution in [2.45, 2.75) is 0 Å². The number of phosphoric ester groups is 1. The van der Waals surface area contributed by atoms with E-state index in [-0.39, 0.29) is 26.4 Å². The minimum Gasteiger partial charge on any atom is -0.403 e. The van der Waals surface area contributed by atoms with Crippen LogP contribution in [0.2, 0.25) is 15.1 Å². The zero-order valence-electron chi connectivity index (χ0n) is 7.90. The lowest BCUT2D eigenvalue weighted by Crippen LogP contribution is -1.91. The quantitative estimate of drug-likeness (QED) is 0.490. The normalized spacial score (nSPS) is 12.7. The third kappa shape index (κ3) is 4.34. The maximum atomic E-state index is 10.7. The third-order valence-corrected chi connectivity index (χ3v) is 3.26. The summed E-state index contributed by atoms with van der Waals surface area (Å²) >= 11 is 22.7. The Labute approximate surface area is 117 Å². The molecule has 9 heteroatoms. The fourth-order valence-corrected chi connectivity index (χ4v) is 2.24. The molecule has 1 aromatic carbocycles. The first-order chi connectivity index (χ1) is 7.74. The molecule has 0 spiro atoms. The Morgan fingerprint density at radius 3 is 2.18 bits per heavy atom. The zero-order valence-corrected chi connectivity index (χ0v) is 11.8. The first-order valence-electron chi connectivity index (χ1n) is 3.95. The van der Waals surface area contributed by atoms with E-state index in [0.717, 1.165) is 5.54 Å². The highest BCUT2D eigenvalue weighted by atomic mass is 35.5. The van der Waals surface area contributed by atoms with Gasteiger partial charge in [-0.1, -0.05) is 46.4 Å². The van der Waals surface area contributed by atoms with Gasteiger partial charge in [0.15, 0.2) is 5.76 Å².